The number of nitrogens with zero attached hydrogens (tertiary/aromatic N) is 30. The second kappa shape index (κ2) is 38.8. The zero-order valence-electron chi connectivity index (χ0n) is 78.9. The summed E-state index contributed by atoms with van der Waals surface area (Å²) in [6.45, 7) is 24.3. The Balaban J connectivity index is 0.000000104. The van der Waals surface area contributed by atoms with Crippen molar-refractivity contribution in [1.29, 1.82) is 0 Å². The molecule has 38 nitrogen and oxygen atoms in total. The van der Waals surface area contributed by atoms with Crippen LogP contribution in [0.4, 0.5) is 17.5 Å². The number of rotatable bonds is 11. The number of piperidine rings is 2. The number of fused-ring (bicyclic) bond motifs is 10. The SMILES string of the molecule is CCN1CCN(c2cn3c(=O)cc(-c4ccc5nn(C)cc5c4)nc3cn2)CC1.CN1CCN(c2cn3c(=O)cc(-c4ccc5nn(C)cc5c4)nc3cn2)CC1.Cc1cn2cc(-c3cc(=O)n4cc(C5CCNCC5)ncc4n3)cc(C)c2n1.Cc1cn2cc(-c3cc(=O)n4cc(C5CCNCC5)ncc4n3)cc(Cl)c2n1.Cn1cc2cc(-c3cc(=O)n4cc(N5CCNCC5)ncc4n3)ccc2n1. The number of anilines is 3. The van der Waals surface area contributed by atoms with Crippen LogP contribution in [0.3, 0.4) is 0 Å². The highest BCUT2D eigenvalue weighted by Crippen LogP contribution is 2.32. The molecule has 5 aliphatic heterocycles. The van der Waals surface area contributed by atoms with Crippen LogP contribution >= 0.6 is 11.6 Å². The fraction of sp³-hybridized carbons (Fsp3) is 0.307. The van der Waals surface area contributed by atoms with Gasteiger partial charge in [-0.05, 0) is 140 Å². The van der Waals surface area contributed by atoms with Crippen LogP contribution in [-0.2, 0) is 21.1 Å². The number of pyridine rings is 2. The molecule has 0 aliphatic carbocycles. The number of hydrogen-bond acceptors (Lipinski definition) is 28. The lowest BCUT2D eigenvalue weighted by atomic mass is 9.95. The van der Waals surface area contributed by atoms with Crippen molar-refractivity contribution < 1.29 is 0 Å². The first-order valence-electron chi connectivity index (χ1n) is 47.2. The van der Waals surface area contributed by atoms with Gasteiger partial charge in [-0.3, -0.25) is 70.0 Å². The number of piperazine rings is 3. The molecule has 0 bridgehead atoms. The fourth-order valence-electron chi connectivity index (χ4n) is 18.9. The molecule has 0 radical (unpaired) electrons. The van der Waals surface area contributed by atoms with Gasteiger partial charge in [0.15, 0.2) is 33.9 Å². The van der Waals surface area contributed by atoms with Crippen LogP contribution in [0.25, 0.3) is 129 Å². The van der Waals surface area contributed by atoms with Gasteiger partial charge in [-0.15, -0.1) is 0 Å². The first kappa shape index (κ1) is 90.8. The van der Waals surface area contributed by atoms with Crippen LogP contribution in [0.5, 0.6) is 0 Å². The average molecular weight is 1900 g/mol. The van der Waals surface area contributed by atoms with Gasteiger partial charge in [-0.2, -0.15) is 15.3 Å². The maximum atomic E-state index is 12.8. The topological polar surface area (TPSA) is 377 Å². The molecular weight excluding hydrogens is 1790 g/mol. The first-order chi connectivity index (χ1) is 68.0. The maximum Gasteiger partial charge on any atom is 0.258 e. The Hall–Kier alpha value is -15.6. The highest BCUT2D eigenvalue weighted by atomic mass is 35.5. The van der Waals surface area contributed by atoms with Crippen LogP contribution in [0.15, 0.2) is 226 Å². The van der Waals surface area contributed by atoms with Gasteiger partial charge in [0.1, 0.15) is 23.1 Å². The number of benzene rings is 3. The van der Waals surface area contributed by atoms with Crippen molar-refractivity contribution in [2.24, 2.45) is 21.1 Å². The molecule has 5 aliphatic rings. The largest absolute Gasteiger partial charge is 0.353 e. The molecule has 0 amide bonds. The fourth-order valence-corrected chi connectivity index (χ4v) is 19.2. The Morgan fingerprint density at radius 3 is 1.06 bits per heavy atom. The Kier molecular flexibility index (Phi) is 25.1. The molecule has 22 heterocycles. The van der Waals surface area contributed by atoms with Crippen LogP contribution in [0, 0.1) is 20.8 Å². The van der Waals surface area contributed by atoms with Crippen molar-refractivity contribution in [3.05, 3.63) is 288 Å². The summed E-state index contributed by atoms with van der Waals surface area (Å²) < 4.78 is 17.1. The van der Waals surface area contributed by atoms with Crippen LogP contribution in [0.2, 0.25) is 5.02 Å². The lowest BCUT2D eigenvalue weighted by Crippen LogP contribution is -2.46. The van der Waals surface area contributed by atoms with Crippen molar-refractivity contribution in [3.8, 4) is 56.3 Å². The molecule has 20 aromatic rings. The van der Waals surface area contributed by atoms with Gasteiger partial charge in [-0.1, -0.05) is 36.7 Å². The molecule has 3 N–H and O–H groups in total. The maximum absolute atomic E-state index is 12.8. The molecule has 25 rings (SSSR count). The summed E-state index contributed by atoms with van der Waals surface area (Å²) in [6.07, 6.45) is 35.3. The lowest BCUT2D eigenvalue weighted by molar-refractivity contribution is 0.270. The number of halogens is 1. The van der Waals surface area contributed by atoms with E-state index in [-0.39, 0.29) is 27.8 Å². The molecule has 0 spiro atoms. The predicted octanol–water partition coefficient (Wildman–Crippen LogP) is 9.55. The molecule has 710 valence electrons. The molecule has 0 unspecified atom stereocenters. The van der Waals surface area contributed by atoms with Gasteiger partial charge < -0.3 is 49.3 Å². The van der Waals surface area contributed by atoms with E-state index in [1.165, 1.54) is 0 Å². The molecule has 39 heteroatoms. The molecule has 17 aromatic heterocycles. The molecule has 140 heavy (non-hydrogen) atoms. The highest BCUT2D eigenvalue weighted by molar-refractivity contribution is 6.33. The summed E-state index contributed by atoms with van der Waals surface area (Å²) in [6, 6.07) is 29.4. The normalized spacial score (nSPS) is 15.4. The number of imidazole rings is 2. The number of nitrogens with one attached hydrogen (secondary N) is 3. The number of likely N-dealkylation sites (N-methyl/N-ethyl adjacent to an activating group) is 2. The number of aryl methyl sites for hydroxylation is 6. The monoisotopic (exact) mass is 1890 g/mol. The van der Waals surface area contributed by atoms with Crippen molar-refractivity contribution in [3.63, 3.8) is 0 Å². The van der Waals surface area contributed by atoms with E-state index in [4.69, 9.17) is 16.6 Å². The van der Waals surface area contributed by atoms with E-state index in [2.05, 4.69) is 125 Å². The Morgan fingerprint density at radius 1 is 0.336 bits per heavy atom. The van der Waals surface area contributed by atoms with Gasteiger partial charge in [0, 0.05) is 242 Å². The molecule has 3 aromatic carbocycles. The van der Waals surface area contributed by atoms with Gasteiger partial charge >= 0.3 is 0 Å². The standard InChI is InChI=1S/C21H23N7O.C21H22N6O.C20H19ClN6O.C20H21N7O.C19H19N7O/c1-3-26-6-8-27(9-7-26)20-14-28-19(12-22-20)23-18(11-21(28)29)15-4-5-17-16(10-15)13-25(2)24-17;1-13-7-16(11-26-10-14(2)24-21(13)26)17-8-20(28)27-12-18(23-9-19(27)25-17)15-3-5-22-6-4-15;1-12-9-26-10-14(6-15(21)20(26)24-12)16-7-19(28)27-11-17(23-8-18(27)25-16)13-2-4-22-5-3-13;1-24-5-7-26(8-6-24)19-13-27-18(11-21-19)22-17(10-20(27)28)14-3-4-16-15(9-14)12-25(2)23-16;1-24-11-14-8-13(2-3-15(14)23-24)16-9-19(27)26-12-18(21-10-17(26)22-16)25-6-4-20-5-7-25/h4-5,10-14H,3,6-9H2,1-2H3;7-12,15,22H,3-6H2,1-2H3;6-11,13,22H,2-5H2,1H3;3-4,9-13H,5-8H2,1-2H3;2-3,8-12,20H,4-7H2,1H3. The van der Waals surface area contributed by atoms with Gasteiger partial charge in [0.05, 0.1) is 122 Å². The molecule has 5 saturated heterocycles. The zero-order valence-corrected chi connectivity index (χ0v) is 79.6. The van der Waals surface area contributed by atoms with Crippen LogP contribution in [-0.4, -0.2) is 248 Å². The minimum Gasteiger partial charge on any atom is -0.353 e. The summed E-state index contributed by atoms with van der Waals surface area (Å²) in [7, 11) is 7.79. The second-order valence-corrected chi connectivity index (χ2v) is 36.7. The van der Waals surface area contributed by atoms with Crippen LogP contribution in [0.1, 0.15) is 72.8 Å². The van der Waals surface area contributed by atoms with Gasteiger partial charge in [0.2, 0.25) is 0 Å². The van der Waals surface area contributed by atoms with Crippen molar-refractivity contribution >= 4 is 101 Å². The van der Waals surface area contributed by atoms with E-state index in [1.807, 2.05) is 167 Å². The predicted molar refractivity (Wildman–Crippen MR) is 542 cm³/mol. The number of hydrogen-bond donors (Lipinski definition) is 3. The van der Waals surface area contributed by atoms with E-state index in [9.17, 15) is 24.0 Å². The van der Waals surface area contributed by atoms with Crippen molar-refractivity contribution in [2.75, 3.05) is 133 Å². The quantitative estimate of drug-likeness (QED) is 0.108. The molecular formula is C101H104ClN33O5. The number of aromatic nitrogens is 25. The summed E-state index contributed by atoms with van der Waals surface area (Å²) in [5.74, 6) is 3.21. The Morgan fingerprint density at radius 2 is 0.671 bits per heavy atom. The van der Waals surface area contributed by atoms with Crippen LogP contribution < -0.4 is 58.4 Å². The molecule has 5 fully saturated rings. The third kappa shape index (κ3) is 19.2. The smallest absolute Gasteiger partial charge is 0.258 e. The molecule has 0 atom stereocenters. The van der Waals surface area contributed by atoms with E-state index in [0.717, 1.165) is 249 Å². The van der Waals surface area contributed by atoms with E-state index < -0.39 is 0 Å². The van der Waals surface area contributed by atoms with E-state index in [1.54, 1.807) is 122 Å². The Labute approximate surface area is 805 Å². The van der Waals surface area contributed by atoms with Crippen molar-refractivity contribution in [2.45, 2.75) is 65.2 Å². The Bertz CT molecular complexity index is 8270. The van der Waals surface area contributed by atoms with Gasteiger partial charge in [-0.25, -0.2) is 49.8 Å². The first-order valence-corrected chi connectivity index (χ1v) is 47.6. The second-order valence-electron chi connectivity index (χ2n) is 36.3. The molecule has 0 saturated carbocycles. The third-order valence-electron chi connectivity index (χ3n) is 26.5. The van der Waals surface area contributed by atoms with Crippen molar-refractivity contribution in [1.82, 2.24) is 146 Å². The average Bonchev–Trinajstić information content (AvgIpc) is 1.22. The minimum atomic E-state index is -0.129. The highest BCUT2D eigenvalue weighted by Gasteiger charge is 2.25. The summed E-state index contributed by atoms with van der Waals surface area (Å²) in [5, 5.41) is 26.8. The van der Waals surface area contributed by atoms with E-state index in [0.29, 0.717) is 79.2 Å². The summed E-state index contributed by atoms with van der Waals surface area (Å²) in [4.78, 5) is 130. The lowest BCUT2D eigenvalue weighted by Gasteiger charge is -2.34. The summed E-state index contributed by atoms with van der Waals surface area (Å²) in [5.41, 5.74) is 18.8. The summed E-state index contributed by atoms with van der Waals surface area (Å²) >= 11 is 6.38. The van der Waals surface area contributed by atoms with Gasteiger partial charge in [0.25, 0.3) is 27.8 Å². The third-order valence-corrected chi connectivity index (χ3v) is 26.8. The minimum absolute atomic E-state index is 0.0860. The van der Waals surface area contributed by atoms with E-state index >= 15 is 0 Å². The zero-order chi connectivity index (χ0) is 96.1.